The minimum Gasteiger partial charge on any atom is -0.480 e. The minimum atomic E-state index is -0.576. The van der Waals surface area contributed by atoms with E-state index in [1.807, 2.05) is 55.5 Å². The van der Waals surface area contributed by atoms with Gasteiger partial charge in [-0.05, 0) is 53.5 Å². The fourth-order valence-corrected chi connectivity index (χ4v) is 2.11. The van der Waals surface area contributed by atoms with E-state index in [-0.39, 0.29) is 5.91 Å². The fourth-order valence-electron chi connectivity index (χ4n) is 1.73. The molecule has 0 aliphatic carbocycles. The molecular formula is C16H16BrNO2. The maximum absolute atomic E-state index is 12.1. The molecule has 0 aliphatic heterocycles. The third kappa shape index (κ3) is 3.61. The molecule has 0 fully saturated rings. The summed E-state index contributed by atoms with van der Waals surface area (Å²) in [6, 6.07) is 15.1. The topological polar surface area (TPSA) is 38.3 Å². The maximum atomic E-state index is 12.1. The average Bonchev–Trinajstić information content (AvgIpc) is 2.43. The lowest BCUT2D eigenvalue weighted by Crippen LogP contribution is -2.30. The minimum absolute atomic E-state index is 0.171. The van der Waals surface area contributed by atoms with E-state index in [4.69, 9.17) is 4.74 Å². The predicted octanol–water partition coefficient (Wildman–Crippen LogP) is 4.16. The van der Waals surface area contributed by atoms with Crippen LogP contribution in [0.1, 0.15) is 12.5 Å². The number of hydrogen-bond donors (Lipinski definition) is 1. The monoisotopic (exact) mass is 333 g/mol. The van der Waals surface area contributed by atoms with Crippen molar-refractivity contribution in [2.45, 2.75) is 20.0 Å². The molecule has 2 aromatic rings. The second-order valence-electron chi connectivity index (χ2n) is 4.49. The van der Waals surface area contributed by atoms with Gasteiger partial charge in [-0.1, -0.05) is 30.3 Å². The highest BCUT2D eigenvalue weighted by atomic mass is 79.9. The van der Waals surface area contributed by atoms with E-state index in [0.717, 1.165) is 15.7 Å². The molecule has 1 amide bonds. The number of nitrogens with one attached hydrogen (secondary N) is 1. The summed E-state index contributed by atoms with van der Waals surface area (Å²) in [5, 5.41) is 2.87. The smallest absolute Gasteiger partial charge is 0.265 e. The molecule has 2 aromatic carbocycles. The van der Waals surface area contributed by atoms with Crippen molar-refractivity contribution in [1.29, 1.82) is 0 Å². The molecule has 0 saturated heterocycles. The molecule has 0 spiro atoms. The Balaban J connectivity index is 2.03. The standard InChI is InChI=1S/C16H16BrNO2/c1-11-7-3-5-9-14(11)18-16(19)12(2)20-15-10-6-4-8-13(15)17/h3-10,12H,1-2H3,(H,18,19)/t12-/m1/s1. The number of halogens is 1. The summed E-state index contributed by atoms with van der Waals surface area (Å²) in [6.45, 7) is 3.68. The summed E-state index contributed by atoms with van der Waals surface area (Å²) in [5.41, 5.74) is 1.83. The molecule has 3 nitrogen and oxygen atoms in total. The predicted molar refractivity (Wildman–Crippen MR) is 84.0 cm³/mol. The van der Waals surface area contributed by atoms with E-state index < -0.39 is 6.10 Å². The van der Waals surface area contributed by atoms with Gasteiger partial charge in [-0.2, -0.15) is 0 Å². The van der Waals surface area contributed by atoms with Gasteiger partial charge < -0.3 is 10.1 Å². The van der Waals surface area contributed by atoms with Gasteiger partial charge in [0.1, 0.15) is 5.75 Å². The van der Waals surface area contributed by atoms with Gasteiger partial charge in [0.15, 0.2) is 6.10 Å². The highest BCUT2D eigenvalue weighted by molar-refractivity contribution is 9.10. The molecule has 104 valence electrons. The zero-order valence-corrected chi connectivity index (χ0v) is 13.0. The molecule has 0 unspecified atom stereocenters. The van der Waals surface area contributed by atoms with Crippen LogP contribution in [0.25, 0.3) is 0 Å². The van der Waals surface area contributed by atoms with Gasteiger partial charge in [0, 0.05) is 5.69 Å². The van der Waals surface area contributed by atoms with Crippen molar-refractivity contribution in [2.75, 3.05) is 5.32 Å². The van der Waals surface area contributed by atoms with Gasteiger partial charge in [-0.3, -0.25) is 4.79 Å². The number of amides is 1. The van der Waals surface area contributed by atoms with Crippen molar-refractivity contribution in [1.82, 2.24) is 0 Å². The lowest BCUT2D eigenvalue weighted by atomic mass is 10.2. The average molecular weight is 334 g/mol. The van der Waals surface area contributed by atoms with Crippen molar-refractivity contribution in [3.8, 4) is 5.75 Å². The Morgan fingerprint density at radius 1 is 1.15 bits per heavy atom. The molecule has 20 heavy (non-hydrogen) atoms. The largest absolute Gasteiger partial charge is 0.480 e. The lowest BCUT2D eigenvalue weighted by Gasteiger charge is -2.16. The van der Waals surface area contributed by atoms with Crippen LogP contribution in [0.4, 0.5) is 5.69 Å². The van der Waals surface area contributed by atoms with Crippen LogP contribution < -0.4 is 10.1 Å². The van der Waals surface area contributed by atoms with E-state index in [2.05, 4.69) is 21.2 Å². The van der Waals surface area contributed by atoms with Crippen molar-refractivity contribution < 1.29 is 9.53 Å². The first-order chi connectivity index (χ1) is 9.58. The summed E-state index contributed by atoms with van der Waals surface area (Å²) in [6.07, 6.45) is -0.576. The van der Waals surface area contributed by atoms with Gasteiger partial charge in [0.25, 0.3) is 5.91 Å². The number of benzene rings is 2. The van der Waals surface area contributed by atoms with E-state index in [1.165, 1.54) is 0 Å². The van der Waals surface area contributed by atoms with Crippen LogP contribution in [-0.4, -0.2) is 12.0 Å². The second-order valence-corrected chi connectivity index (χ2v) is 5.35. The first kappa shape index (κ1) is 14.6. The number of carbonyl (C=O) groups is 1. The molecule has 0 aromatic heterocycles. The Labute approximate surface area is 127 Å². The molecule has 0 bridgehead atoms. The quantitative estimate of drug-likeness (QED) is 0.912. The molecule has 0 saturated carbocycles. The number of rotatable bonds is 4. The van der Waals surface area contributed by atoms with Gasteiger partial charge in [0.2, 0.25) is 0 Å². The molecule has 1 atom stereocenters. The Kier molecular flexibility index (Phi) is 4.79. The van der Waals surface area contributed by atoms with Crippen LogP contribution in [0, 0.1) is 6.92 Å². The van der Waals surface area contributed by atoms with E-state index in [9.17, 15) is 4.79 Å². The molecule has 0 radical (unpaired) electrons. The van der Waals surface area contributed by atoms with Crippen molar-refractivity contribution in [3.63, 3.8) is 0 Å². The van der Waals surface area contributed by atoms with Gasteiger partial charge in [0.05, 0.1) is 4.47 Å². The summed E-state index contributed by atoms with van der Waals surface area (Å²) < 4.78 is 6.49. The number of anilines is 1. The summed E-state index contributed by atoms with van der Waals surface area (Å²) in [4.78, 5) is 12.1. The Morgan fingerprint density at radius 2 is 1.80 bits per heavy atom. The highest BCUT2D eigenvalue weighted by Gasteiger charge is 2.16. The van der Waals surface area contributed by atoms with Crippen LogP contribution in [0.2, 0.25) is 0 Å². The molecule has 0 heterocycles. The summed E-state index contributed by atoms with van der Waals surface area (Å²) in [7, 11) is 0. The zero-order chi connectivity index (χ0) is 14.5. The molecule has 1 N–H and O–H groups in total. The normalized spacial score (nSPS) is 11.8. The number of hydrogen-bond acceptors (Lipinski definition) is 2. The fraction of sp³-hybridized carbons (Fsp3) is 0.188. The first-order valence-corrected chi connectivity index (χ1v) is 7.15. The second kappa shape index (κ2) is 6.57. The highest BCUT2D eigenvalue weighted by Crippen LogP contribution is 2.25. The number of aryl methyl sites for hydroxylation is 1. The van der Waals surface area contributed by atoms with Crippen LogP contribution in [-0.2, 0) is 4.79 Å². The van der Waals surface area contributed by atoms with Crippen molar-refractivity contribution >= 4 is 27.5 Å². The molecule has 4 heteroatoms. The third-order valence-corrected chi connectivity index (χ3v) is 3.57. The summed E-state index contributed by atoms with van der Waals surface area (Å²) >= 11 is 3.40. The molecule has 2 rings (SSSR count). The van der Waals surface area contributed by atoms with E-state index in [0.29, 0.717) is 5.75 Å². The van der Waals surface area contributed by atoms with E-state index >= 15 is 0 Å². The van der Waals surface area contributed by atoms with Crippen LogP contribution in [0.5, 0.6) is 5.75 Å². The maximum Gasteiger partial charge on any atom is 0.265 e. The summed E-state index contributed by atoms with van der Waals surface area (Å²) in [5.74, 6) is 0.481. The Morgan fingerprint density at radius 3 is 2.50 bits per heavy atom. The van der Waals surface area contributed by atoms with Crippen LogP contribution in [0.3, 0.4) is 0 Å². The molecular weight excluding hydrogens is 318 g/mol. The van der Waals surface area contributed by atoms with Crippen molar-refractivity contribution in [3.05, 3.63) is 58.6 Å². The lowest BCUT2D eigenvalue weighted by molar-refractivity contribution is -0.122. The van der Waals surface area contributed by atoms with Crippen LogP contribution >= 0.6 is 15.9 Å². The number of carbonyl (C=O) groups excluding carboxylic acids is 1. The SMILES string of the molecule is Cc1ccccc1NC(=O)[C@@H](C)Oc1ccccc1Br. The molecule has 0 aliphatic rings. The number of ether oxygens (including phenoxy) is 1. The zero-order valence-electron chi connectivity index (χ0n) is 11.4. The van der Waals surface area contributed by atoms with Gasteiger partial charge >= 0.3 is 0 Å². The Hall–Kier alpha value is -1.81. The Bertz CT molecular complexity index is 613. The van der Waals surface area contributed by atoms with Gasteiger partial charge in [-0.25, -0.2) is 0 Å². The van der Waals surface area contributed by atoms with Crippen LogP contribution in [0.15, 0.2) is 53.0 Å². The third-order valence-electron chi connectivity index (χ3n) is 2.91. The number of para-hydroxylation sites is 2. The van der Waals surface area contributed by atoms with E-state index in [1.54, 1.807) is 6.92 Å². The first-order valence-electron chi connectivity index (χ1n) is 6.35. The van der Waals surface area contributed by atoms with Crippen molar-refractivity contribution in [2.24, 2.45) is 0 Å². The van der Waals surface area contributed by atoms with Gasteiger partial charge in [-0.15, -0.1) is 0 Å².